The normalized spacial score (nSPS) is 22.8. The molecule has 0 saturated carbocycles. The molecule has 2 N–H and O–H groups in total. The van der Waals surface area contributed by atoms with Gasteiger partial charge in [0, 0.05) is 11.8 Å². The van der Waals surface area contributed by atoms with E-state index in [1.54, 1.807) is 6.07 Å². The molecule has 18 heavy (non-hydrogen) atoms. The summed E-state index contributed by atoms with van der Waals surface area (Å²) in [4.78, 5) is 12.0. The van der Waals surface area contributed by atoms with Gasteiger partial charge in [0.2, 0.25) is 5.91 Å². The molecule has 0 aromatic heterocycles. The minimum atomic E-state index is -0.484. The molecule has 0 bridgehead atoms. The van der Waals surface area contributed by atoms with Crippen molar-refractivity contribution in [1.29, 1.82) is 0 Å². The van der Waals surface area contributed by atoms with Crippen molar-refractivity contribution < 1.29 is 13.9 Å². The molecule has 1 aromatic rings. The second-order valence-corrected chi connectivity index (χ2v) is 4.54. The van der Waals surface area contributed by atoms with Gasteiger partial charge in [0.15, 0.2) is 11.6 Å². The van der Waals surface area contributed by atoms with Gasteiger partial charge < -0.3 is 15.4 Å². The lowest BCUT2D eigenvalue weighted by Gasteiger charge is -2.15. The highest BCUT2D eigenvalue weighted by atomic mass is 19.1. The Balaban J connectivity index is 2.05. The summed E-state index contributed by atoms with van der Waals surface area (Å²) in [5, 5.41) is 5.84. The third-order valence-electron chi connectivity index (χ3n) is 3.23. The maximum atomic E-state index is 13.5. The largest absolute Gasteiger partial charge is 0.494 e. The minimum absolute atomic E-state index is 0.121. The topological polar surface area (TPSA) is 50.4 Å². The summed E-state index contributed by atoms with van der Waals surface area (Å²) in [7, 11) is 1.40. The van der Waals surface area contributed by atoms with Crippen molar-refractivity contribution in [2.24, 2.45) is 5.92 Å². The van der Waals surface area contributed by atoms with Gasteiger partial charge in [-0.2, -0.15) is 0 Å². The number of methoxy groups -OCH3 is 1. The van der Waals surface area contributed by atoms with Crippen molar-refractivity contribution in [3.63, 3.8) is 0 Å². The second kappa shape index (κ2) is 5.35. The first kappa shape index (κ1) is 12.8. The van der Waals surface area contributed by atoms with Crippen molar-refractivity contribution in [2.75, 3.05) is 19.0 Å². The van der Waals surface area contributed by atoms with Gasteiger partial charge in [-0.15, -0.1) is 0 Å². The van der Waals surface area contributed by atoms with Crippen LogP contribution in [0, 0.1) is 11.7 Å². The van der Waals surface area contributed by atoms with Crippen LogP contribution < -0.4 is 15.4 Å². The number of halogens is 1. The van der Waals surface area contributed by atoms with Gasteiger partial charge in [-0.3, -0.25) is 4.79 Å². The zero-order valence-corrected chi connectivity index (χ0v) is 10.5. The summed E-state index contributed by atoms with van der Waals surface area (Å²) in [6.07, 6.45) is 0.981. The molecule has 0 aliphatic carbocycles. The molecule has 5 heteroatoms. The van der Waals surface area contributed by atoms with Crippen LogP contribution in [0.1, 0.15) is 13.3 Å². The lowest BCUT2D eigenvalue weighted by atomic mass is 10.0. The lowest BCUT2D eigenvalue weighted by Crippen LogP contribution is -2.39. The highest BCUT2D eigenvalue weighted by molar-refractivity contribution is 5.95. The molecule has 0 radical (unpaired) electrons. The number of ether oxygens (including phenoxy) is 1. The van der Waals surface area contributed by atoms with Crippen molar-refractivity contribution in [3.05, 3.63) is 24.0 Å². The Hall–Kier alpha value is -1.62. The van der Waals surface area contributed by atoms with Gasteiger partial charge in [-0.05, 0) is 31.0 Å². The predicted molar refractivity (Wildman–Crippen MR) is 67.2 cm³/mol. The molecule has 1 amide bonds. The number of carbonyl (C=O) groups is 1. The van der Waals surface area contributed by atoms with Crippen molar-refractivity contribution in [3.8, 4) is 5.75 Å². The van der Waals surface area contributed by atoms with Crippen LogP contribution in [0.15, 0.2) is 18.2 Å². The summed E-state index contributed by atoms with van der Waals surface area (Å²) < 4.78 is 18.3. The average Bonchev–Trinajstić information content (AvgIpc) is 2.76. The number of nitrogens with one attached hydrogen (secondary N) is 2. The Bertz CT molecular complexity index is 451. The van der Waals surface area contributed by atoms with Gasteiger partial charge in [0.05, 0.1) is 13.2 Å². The molecule has 1 aliphatic rings. The van der Waals surface area contributed by atoms with Crippen molar-refractivity contribution in [1.82, 2.24) is 5.32 Å². The van der Waals surface area contributed by atoms with Crippen molar-refractivity contribution >= 4 is 11.6 Å². The second-order valence-electron chi connectivity index (χ2n) is 4.54. The Morgan fingerprint density at radius 2 is 2.33 bits per heavy atom. The predicted octanol–water partition coefficient (Wildman–Crippen LogP) is 1.77. The summed E-state index contributed by atoms with van der Waals surface area (Å²) in [6.45, 7) is 2.87. The van der Waals surface area contributed by atoms with E-state index in [1.807, 2.05) is 6.92 Å². The molecular formula is C13H17FN2O2. The molecule has 0 spiro atoms. The van der Waals surface area contributed by atoms with Crippen LogP contribution in [0.2, 0.25) is 0 Å². The Morgan fingerprint density at radius 1 is 1.56 bits per heavy atom. The fraction of sp³-hybridized carbons (Fsp3) is 0.462. The van der Waals surface area contributed by atoms with Crippen LogP contribution in [0.4, 0.5) is 10.1 Å². The maximum Gasteiger partial charge on any atom is 0.241 e. The van der Waals surface area contributed by atoms with Gasteiger partial charge in [-0.25, -0.2) is 4.39 Å². The average molecular weight is 252 g/mol. The van der Waals surface area contributed by atoms with E-state index in [2.05, 4.69) is 10.6 Å². The van der Waals surface area contributed by atoms with Crippen LogP contribution >= 0.6 is 0 Å². The van der Waals surface area contributed by atoms with Gasteiger partial charge >= 0.3 is 0 Å². The number of hydrogen-bond donors (Lipinski definition) is 2. The highest BCUT2D eigenvalue weighted by Crippen LogP contribution is 2.22. The van der Waals surface area contributed by atoms with E-state index in [4.69, 9.17) is 4.74 Å². The van der Waals surface area contributed by atoms with Gasteiger partial charge in [0.1, 0.15) is 0 Å². The summed E-state index contributed by atoms with van der Waals surface area (Å²) in [5.41, 5.74) is 0.444. The molecule has 1 aromatic carbocycles. The molecule has 1 fully saturated rings. The van der Waals surface area contributed by atoms with Crippen LogP contribution in [0.5, 0.6) is 5.75 Å². The first-order chi connectivity index (χ1) is 8.61. The zero-order chi connectivity index (χ0) is 13.1. The molecule has 98 valence electrons. The fourth-order valence-electron chi connectivity index (χ4n) is 2.15. The number of rotatable bonds is 3. The van der Waals surface area contributed by atoms with Gasteiger partial charge in [-0.1, -0.05) is 6.92 Å². The standard InChI is InChI=1S/C13H17FN2O2/c1-8-5-6-15-12(8)13(17)16-9-3-4-11(18-2)10(14)7-9/h3-4,7-8,12,15H,5-6H2,1-2H3,(H,16,17). The molecular weight excluding hydrogens is 235 g/mol. The summed E-state index contributed by atoms with van der Waals surface area (Å²) in [5.74, 6) is -0.138. The highest BCUT2D eigenvalue weighted by Gasteiger charge is 2.29. The van der Waals surface area contributed by atoms with Crippen molar-refractivity contribution in [2.45, 2.75) is 19.4 Å². The molecule has 1 heterocycles. The number of carbonyl (C=O) groups excluding carboxylic acids is 1. The van der Waals surface area contributed by atoms with E-state index < -0.39 is 5.82 Å². The minimum Gasteiger partial charge on any atom is -0.494 e. The van der Waals surface area contributed by atoms with E-state index >= 15 is 0 Å². The number of amides is 1. The van der Waals surface area contributed by atoms with E-state index in [0.717, 1.165) is 13.0 Å². The first-order valence-electron chi connectivity index (χ1n) is 5.99. The summed E-state index contributed by atoms with van der Waals surface area (Å²) >= 11 is 0. The van der Waals surface area contributed by atoms with E-state index in [0.29, 0.717) is 11.6 Å². The smallest absolute Gasteiger partial charge is 0.241 e. The van der Waals surface area contributed by atoms with E-state index in [1.165, 1.54) is 19.2 Å². The Labute approximate surface area is 106 Å². The Kier molecular flexibility index (Phi) is 3.81. The fourth-order valence-corrected chi connectivity index (χ4v) is 2.15. The molecule has 4 nitrogen and oxygen atoms in total. The zero-order valence-electron chi connectivity index (χ0n) is 10.5. The number of benzene rings is 1. The van der Waals surface area contributed by atoms with E-state index in [-0.39, 0.29) is 17.7 Å². The molecule has 2 unspecified atom stereocenters. The summed E-state index contributed by atoms with van der Waals surface area (Å²) in [6, 6.07) is 4.18. The molecule has 1 aliphatic heterocycles. The van der Waals surface area contributed by atoms with Crippen LogP contribution in [-0.4, -0.2) is 25.6 Å². The number of hydrogen-bond acceptors (Lipinski definition) is 3. The quantitative estimate of drug-likeness (QED) is 0.862. The molecule has 2 rings (SSSR count). The number of anilines is 1. The lowest BCUT2D eigenvalue weighted by molar-refractivity contribution is -0.118. The van der Waals surface area contributed by atoms with Crippen LogP contribution in [0.25, 0.3) is 0 Å². The first-order valence-corrected chi connectivity index (χ1v) is 5.99. The third kappa shape index (κ3) is 2.61. The maximum absolute atomic E-state index is 13.5. The molecule has 2 atom stereocenters. The van der Waals surface area contributed by atoms with Crippen LogP contribution in [0.3, 0.4) is 0 Å². The Morgan fingerprint density at radius 3 is 2.89 bits per heavy atom. The van der Waals surface area contributed by atoms with E-state index in [9.17, 15) is 9.18 Å². The third-order valence-corrected chi connectivity index (χ3v) is 3.23. The SMILES string of the molecule is COc1ccc(NC(=O)C2NCCC2C)cc1F. The van der Waals surface area contributed by atoms with Gasteiger partial charge in [0.25, 0.3) is 0 Å². The molecule has 1 saturated heterocycles. The monoisotopic (exact) mass is 252 g/mol. The van der Waals surface area contributed by atoms with Crippen LogP contribution in [-0.2, 0) is 4.79 Å².